The Morgan fingerprint density at radius 3 is 2.08 bits per heavy atom. The molecule has 2 aliphatic rings. The van der Waals surface area contributed by atoms with Crippen molar-refractivity contribution in [1.82, 2.24) is 0 Å². The number of hydrogen-bond donors (Lipinski definition) is 2. The lowest BCUT2D eigenvalue weighted by atomic mass is 9.66. The molecule has 132 valence electrons. The highest BCUT2D eigenvalue weighted by atomic mass is 16.5. The van der Waals surface area contributed by atoms with Gasteiger partial charge in [-0.05, 0) is 37.0 Å². The van der Waals surface area contributed by atoms with Crippen LogP contribution in [0.5, 0.6) is 11.5 Å². The van der Waals surface area contributed by atoms with E-state index in [1.165, 1.54) is 0 Å². The van der Waals surface area contributed by atoms with Gasteiger partial charge < -0.3 is 20.1 Å². The number of benzene rings is 1. The van der Waals surface area contributed by atoms with Crippen LogP contribution in [0.25, 0.3) is 0 Å². The second-order valence-corrected chi connectivity index (χ2v) is 8.05. The molecule has 1 amide bonds. The van der Waals surface area contributed by atoms with Crippen molar-refractivity contribution in [2.75, 3.05) is 24.9 Å². The molecule has 1 aliphatic heterocycles. The van der Waals surface area contributed by atoms with Crippen LogP contribution >= 0.6 is 0 Å². The fourth-order valence-electron chi connectivity index (χ4n) is 3.97. The van der Waals surface area contributed by atoms with Gasteiger partial charge in [-0.25, -0.2) is 0 Å². The second-order valence-electron chi connectivity index (χ2n) is 8.05. The Labute approximate surface area is 144 Å². The van der Waals surface area contributed by atoms with Gasteiger partial charge in [0.05, 0.1) is 25.6 Å². The highest BCUT2D eigenvalue weighted by Gasteiger charge is 2.46. The number of carbonyl (C=O) groups is 1. The molecular weight excluding hydrogens is 304 g/mol. The standard InChI is InChI=1S/C19H28N2O3/c1-18(2,3)12-6-8-19(9-7-12)17(22)20-13-10-15(23-4)16(24-5)11-14(13)21-19/h10-12,21H,6-9H2,1-5H3,(H,20,22). The summed E-state index contributed by atoms with van der Waals surface area (Å²) in [6.45, 7) is 6.86. The quantitative estimate of drug-likeness (QED) is 0.858. The molecule has 0 atom stereocenters. The topological polar surface area (TPSA) is 59.6 Å². The Morgan fingerprint density at radius 2 is 1.58 bits per heavy atom. The summed E-state index contributed by atoms with van der Waals surface area (Å²) in [7, 11) is 3.22. The molecule has 1 aliphatic carbocycles. The number of hydrogen-bond acceptors (Lipinski definition) is 4. The first kappa shape index (κ1) is 16.9. The molecule has 0 radical (unpaired) electrons. The van der Waals surface area contributed by atoms with Gasteiger partial charge in [0.1, 0.15) is 5.54 Å². The number of methoxy groups -OCH3 is 2. The fraction of sp³-hybridized carbons (Fsp3) is 0.632. The van der Waals surface area contributed by atoms with E-state index in [0.717, 1.165) is 37.1 Å². The third-order valence-corrected chi connectivity index (χ3v) is 5.64. The van der Waals surface area contributed by atoms with Crippen molar-refractivity contribution >= 4 is 17.3 Å². The molecule has 1 aromatic rings. The lowest BCUT2D eigenvalue weighted by molar-refractivity contribution is -0.122. The third kappa shape index (κ3) is 2.80. The van der Waals surface area contributed by atoms with Crippen molar-refractivity contribution in [3.8, 4) is 11.5 Å². The van der Waals surface area contributed by atoms with Crippen LogP contribution in [0.1, 0.15) is 46.5 Å². The molecule has 0 saturated heterocycles. The normalized spacial score (nSPS) is 26.4. The van der Waals surface area contributed by atoms with Crippen LogP contribution in [-0.4, -0.2) is 25.7 Å². The van der Waals surface area contributed by atoms with E-state index in [9.17, 15) is 4.79 Å². The van der Waals surface area contributed by atoms with Gasteiger partial charge in [-0.1, -0.05) is 20.8 Å². The molecule has 2 N–H and O–H groups in total. The van der Waals surface area contributed by atoms with E-state index < -0.39 is 5.54 Å². The molecule has 5 nitrogen and oxygen atoms in total. The molecular formula is C19H28N2O3. The maximum atomic E-state index is 12.8. The van der Waals surface area contributed by atoms with Crippen LogP contribution < -0.4 is 20.1 Å². The molecule has 1 heterocycles. The molecule has 5 heteroatoms. The minimum Gasteiger partial charge on any atom is -0.493 e. The van der Waals surface area contributed by atoms with Gasteiger partial charge in [0.15, 0.2) is 11.5 Å². The number of nitrogens with one attached hydrogen (secondary N) is 2. The highest BCUT2D eigenvalue weighted by molar-refractivity contribution is 6.06. The summed E-state index contributed by atoms with van der Waals surface area (Å²) in [6.07, 6.45) is 3.84. The summed E-state index contributed by atoms with van der Waals surface area (Å²) >= 11 is 0. The summed E-state index contributed by atoms with van der Waals surface area (Å²) in [5.74, 6) is 2.00. The SMILES string of the molecule is COc1cc2c(cc1OC)NC1(CCC(C(C)(C)C)CC1)C(=O)N2. The molecule has 1 aromatic carbocycles. The van der Waals surface area contributed by atoms with E-state index >= 15 is 0 Å². The summed E-state index contributed by atoms with van der Waals surface area (Å²) in [6, 6.07) is 3.72. The summed E-state index contributed by atoms with van der Waals surface area (Å²) in [4.78, 5) is 12.8. The van der Waals surface area contributed by atoms with Gasteiger partial charge in [0, 0.05) is 12.1 Å². The van der Waals surface area contributed by atoms with Gasteiger partial charge in [0.25, 0.3) is 0 Å². The minimum atomic E-state index is -0.506. The molecule has 0 unspecified atom stereocenters. The zero-order valence-electron chi connectivity index (χ0n) is 15.3. The molecule has 1 spiro atoms. The van der Waals surface area contributed by atoms with E-state index in [0.29, 0.717) is 22.8 Å². The predicted octanol–water partition coefficient (Wildman–Crippen LogP) is 4.04. The van der Waals surface area contributed by atoms with E-state index in [1.54, 1.807) is 14.2 Å². The minimum absolute atomic E-state index is 0.0644. The number of amides is 1. The van der Waals surface area contributed by atoms with Crippen molar-refractivity contribution in [2.45, 2.75) is 52.0 Å². The van der Waals surface area contributed by atoms with Gasteiger partial charge >= 0.3 is 0 Å². The van der Waals surface area contributed by atoms with Crippen LogP contribution in [0.15, 0.2) is 12.1 Å². The Bertz CT molecular complexity index is 641. The van der Waals surface area contributed by atoms with Crippen molar-refractivity contribution in [2.24, 2.45) is 11.3 Å². The molecule has 3 rings (SSSR count). The fourth-order valence-corrected chi connectivity index (χ4v) is 3.97. The highest BCUT2D eigenvalue weighted by Crippen LogP contribution is 2.47. The Balaban J connectivity index is 1.86. The van der Waals surface area contributed by atoms with E-state index in [4.69, 9.17) is 9.47 Å². The van der Waals surface area contributed by atoms with Crippen LogP contribution in [0.4, 0.5) is 11.4 Å². The molecule has 0 aromatic heterocycles. The lowest BCUT2D eigenvalue weighted by Gasteiger charge is -2.46. The lowest BCUT2D eigenvalue weighted by Crippen LogP contribution is -2.55. The van der Waals surface area contributed by atoms with Crippen LogP contribution in [0, 0.1) is 11.3 Å². The zero-order valence-corrected chi connectivity index (χ0v) is 15.3. The van der Waals surface area contributed by atoms with Gasteiger partial charge in [-0.3, -0.25) is 4.79 Å². The van der Waals surface area contributed by atoms with Crippen molar-refractivity contribution in [3.05, 3.63) is 12.1 Å². The number of ether oxygens (including phenoxy) is 2. The summed E-state index contributed by atoms with van der Waals surface area (Å²) in [5.41, 5.74) is 1.44. The van der Waals surface area contributed by atoms with E-state index in [2.05, 4.69) is 31.4 Å². The maximum Gasteiger partial charge on any atom is 0.250 e. The number of carbonyl (C=O) groups excluding carboxylic acids is 1. The number of rotatable bonds is 2. The molecule has 0 bridgehead atoms. The summed E-state index contributed by atoms with van der Waals surface area (Å²) in [5, 5.41) is 6.58. The predicted molar refractivity (Wildman–Crippen MR) is 95.9 cm³/mol. The zero-order chi connectivity index (χ0) is 17.5. The summed E-state index contributed by atoms with van der Waals surface area (Å²) < 4.78 is 10.7. The van der Waals surface area contributed by atoms with Crippen molar-refractivity contribution < 1.29 is 14.3 Å². The number of anilines is 2. The van der Waals surface area contributed by atoms with E-state index in [1.807, 2.05) is 12.1 Å². The monoisotopic (exact) mass is 332 g/mol. The van der Waals surface area contributed by atoms with Gasteiger partial charge in [0.2, 0.25) is 5.91 Å². The largest absolute Gasteiger partial charge is 0.493 e. The smallest absolute Gasteiger partial charge is 0.250 e. The van der Waals surface area contributed by atoms with Gasteiger partial charge in [-0.15, -0.1) is 0 Å². The molecule has 24 heavy (non-hydrogen) atoms. The third-order valence-electron chi connectivity index (χ3n) is 5.64. The number of fused-ring (bicyclic) bond motifs is 1. The average Bonchev–Trinajstić information content (AvgIpc) is 2.54. The Kier molecular flexibility index (Phi) is 4.14. The van der Waals surface area contributed by atoms with Crippen LogP contribution in [0.2, 0.25) is 0 Å². The van der Waals surface area contributed by atoms with Crippen molar-refractivity contribution in [1.29, 1.82) is 0 Å². The van der Waals surface area contributed by atoms with E-state index in [-0.39, 0.29) is 5.91 Å². The first-order chi connectivity index (χ1) is 11.3. The molecule has 1 saturated carbocycles. The van der Waals surface area contributed by atoms with Gasteiger partial charge in [-0.2, -0.15) is 0 Å². The Hall–Kier alpha value is -1.91. The second kappa shape index (κ2) is 5.87. The van der Waals surface area contributed by atoms with Crippen LogP contribution in [-0.2, 0) is 4.79 Å². The van der Waals surface area contributed by atoms with Crippen LogP contribution in [0.3, 0.4) is 0 Å². The average molecular weight is 332 g/mol. The molecule has 1 fully saturated rings. The van der Waals surface area contributed by atoms with Crippen molar-refractivity contribution in [3.63, 3.8) is 0 Å². The first-order valence-corrected chi connectivity index (χ1v) is 8.65. The first-order valence-electron chi connectivity index (χ1n) is 8.65. The maximum absolute atomic E-state index is 12.8. The Morgan fingerprint density at radius 1 is 1.04 bits per heavy atom.